The molecule has 82 valence electrons. The monoisotopic (exact) mass is 219 g/mol. The van der Waals surface area contributed by atoms with Crippen LogP contribution in [0.3, 0.4) is 0 Å². The third-order valence-corrected chi connectivity index (χ3v) is 2.17. The van der Waals surface area contributed by atoms with E-state index in [9.17, 15) is 4.79 Å². The summed E-state index contributed by atoms with van der Waals surface area (Å²) in [6, 6.07) is 0. The molecule has 0 amide bonds. The van der Waals surface area contributed by atoms with Gasteiger partial charge in [0.15, 0.2) is 5.06 Å². The molecule has 0 aliphatic heterocycles. The van der Waals surface area contributed by atoms with Gasteiger partial charge in [-0.15, -0.1) is 0 Å². The van der Waals surface area contributed by atoms with Crippen molar-refractivity contribution in [3.8, 4) is 0 Å². The minimum absolute atomic E-state index is 0.363. The summed E-state index contributed by atoms with van der Waals surface area (Å²) < 4.78 is 5.14. The van der Waals surface area contributed by atoms with E-state index < -0.39 is 11.0 Å². The number of carbonyl (C=O) groups excluding carboxylic acids is 1. The van der Waals surface area contributed by atoms with Gasteiger partial charge in [0, 0.05) is 12.0 Å². The van der Waals surface area contributed by atoms with E-state index in [1.807, 2.05) is 25.9 Å². The molecule has 1 unspecified atom stereocenters. The second-order valence-corrected chi connectivity index (χ2v) is 4.33. The highest BCUT2D eigenvalue weighted by molar-refractivity contribution is 6.23. The van der Waals surface area contributed by atoms with Crippen LogP contribution in [0, 0.1) is 0 Å². The lowest BCUT2D eigenvalue weighted by atomic mass is 10.2. The molecule has 0 heterocycles. The first-order valence-corrected chi connectivity index (χ1v) is 4.91. The Labute approximate surface area is 90.7 Å². The standard InChI is InChI=1S/C10H18ClNO2/c1-6-10(11,7-12(4)5)14-9(13)8(2)3/h2,6-7H2,1,3-5H3. The van der Waals surface area contributed by atoms with Crippen LogP contribution in [0.2, 0.25) is 0 Å². The maximum absolute atomic E-state index is 11.3. The van der Waals surface area contributed by atoms with Crippen LogP contribution in [-0.4, -0.2) is 36.6 Å². The fourth-order valence-electron chi connectivity index (χ4n) is 0.942. The van der Waals surface area contributed by atoms with Crippen molar-refractivity contribution in [1.82, 2.24) is 4.90 Å². The number of hydrogen-bond donors (Lipinski definition) is 0. The molecular formula is C10H18ClNO2. The quantitative estimate of drug-likeness (QED) is 0.403. The molecule has 0 spiro atoms. The van der Waals surface area contributed by atoms with E-state index in [4.69, 9.17) is 16.3 Å². The maximum Gasteiger partial charge on any atom is 0.334 e. The first kappa shape index (κ1) is 13.5. The van der Waals surface area contributed by atoms with Gasteiger partial charge < -0.3 is 9.64 Å². The predicted octanol–water partition coefficient (Wildman–Crippen LogP) is 2.01. The number of nitrogens with zero attached hydrogens (tertiary/aromatic N) is 1. The van der Waals surface area contributed by atoms with Crippen molar-refractivity contribution in [1.29, 1.82) is 0 Å². The molecule has 0 saturated carbocycles. The summed E-state index contributed by atoms with van der Waals surface area (Å²) in [7, 11) is 3.75. The fourth-order valence-corrected chi connectivity index (χ4v) is 1.25. The van der Waals surface area contributed by atoms with E-state index in [1.165, 1.54) is 0 Å². The van der Waals surface area contributed by atoms with E-state index in [2.05, 4.69) is 6.58 Å². The van der Waals surface area contributed by atoms with E-state index in [1.54, 1.807) is 6.92 Å². The molecule has 0 aromatic carbocycles. The predicted molar refractivity (Wildman–Crippen MR) is 58.3 cm³/mol. The highest BCUT2D eigenvalue weighted by atomic mass is 35.5. The van der Waals surface area contributed by atoms with Gasteiger partial charge in [-0.25, -0.2) is 4.79 Å². The molecule has 0 aliphatic carbocycles. The molecule has 0 saturated heterocycles. The number of hydrogen-bond acceptors (Lipinski definition) is 3. The molecule has 0 rings (SSSR count). The largest absolute Gasteiger partial charge is 0.438 e. The number of rotatable bonds is 5. The molecule has 0 N–H and O–H groups in total. The Bertz CT molecular complexity index is 228. The highest BCUT2D eigenvalue weighted by Crippen LogP contribution is 2.23. The Hall–Kier alpha value is -0.540. The maximum atomic E-state index is 11.3. The molecule has 0 radical (unpaired) electrons. The van der Waals surface area contributed by atoms with Gasteiger partial charge in [0.1, 0.15) is 0 Å². The summed E-state index contributed by atoms with van der Waals surface area (Å²) in [5, 5.41) is -0.945. The minimum Gasteiger partial charge on any atom is -0.438 e. The number of esters is 1. The zero-order chi connectivity index (χ0) is 11.4. The van der Waals surface area contributed by atoms with Crippen molar-refractivity contribution in [2.75, 3.05) is 20.6 Å². The number of ether oxygens (including phenoxy) is 1. The van der Waals surface area contributed by atoms with Gasteiger partial charge in [0.05, 0.1) is 6.54 Å². The summed E-state index contributed by atoms with van der Waals surface area (Å²) >= 11 is 6.13. The van der Waals surface area contributed by atoms with Crippen LogP contribution in [-0.2, 0) is 9.53 Å². The van der Waals surface area contributed by atoms with Gasteiger partial charge in [-0.3, -0.25) is 0 Å². The number of alkyl halides is 1. The van der Waals surface area contributed by atoms with Crippen LogP contribution in [0.15, 0.2) is 12.2 Å². The number of halogens is 1. The van der Waals surface area contributed by atoms with E-state index in [0.29, 0.717) is 18.5 Å². The van der Waals surface area contributed by atoms with Crippen LogP contribution in [0.5, 0.6) is 0 Å². The average molecular weight is 220 g/mol. The lowest BCUT2D eigenvalue weighted by Crippen LogP contribution is -2.39. The van der Waals surface area contributed by atoms with Gasteiger partial charge in [0.25, 0.3) is 0 Å². The van der Waals surface area contributed by atoms with E-state index in [0.717, 1.165) is 0 Å². The Morgan fingerprint density at radius 3 is 2.36 bits per heavy atom. The first-order valence-electron chi connectivity index (χ1n) is 4.53. The summed E-state index contributed by atoms with van der Waals surface area (Å²) in [6.45, 7) is 7.48. The summed E-state index contributed by atoms with van der Waals surface area (Å²) in [5.41, 5.74) is 0.363. The molecule has 4 heteroatoms. The third-order valence-electron chi connectivity index (χ3n) is 1.70. The van der Waals surface area contributed by atoms with Crippen molar-refractivity contribution in [2.45, 2.75) is 25.3 Å². The number of carbonyl (C=O) groups is 1. The lowest BCUT2D eigenvalue weighted by molar-refractivity contribution is -0.148. The van der Waals surface area contributed by atoms with Gasteiger partial charge in [-0.05, 0) is 21.0 Å². The van der Waals surface area contributed by atoms with Gasteiger partial charge in [-0.2, -0.15) is 0 Å². The molecule has 0 aliphatic rings. The van der Waals surface area contributed by atoms with Gasteiger partial charge in [-0.1, -0.05) is 25.1 Å². The number of likely N-dealkylation sites (N-methyl/N-ethyl adjacent to an activating group) is 1. The normalized spacial score (nSPS) is 15.0. The molecular weight excluding hydrogens is 202 g/mol. The van der Waals surface area contributed by atoms with Crippen LogP contribution in [0.25, 0.3) is 0 Å². The van der Waals surface area contributed by atoms with Crippen LogP contribution >= 0.6 is 11.6 Å². The fraction of sp³-hybridized carbons (Fsp3) is 0.700. The Balaban J connectivity index is 4.39. The Morgan fingerprint density at radius 1 is 1.57 bits per heavy atom. The van der Waals surface area contributed by atoms with Crippen LogP contribution < -0.4 is 0 Å². The third kappa shape index (κ3) is 4.63. The average Bonchev–Trinajstić information content (AvgIpc) is 2.02. The minimum atomic E-state index is -0.945. The SMILES string of the molecule is C=C(C)C(=O)OC(Cl)(CC)CN(C)C. The molecule has 1 atom stereocenters. The van der Waals surface area contributed by atoms with Crippen molar-refractivity contribution in [2.24, 2.45) is 0 Å². The second-order valence-electron chi connectivity index (χ2n) is 3.64. The molecule has 14 heavy (non-hydrogen) atoms. The highest BCUT2D eigenvalue weighted by Gasteiger charge is 2.30. The Kier molecular flexibility index (Phi) is 5.16. The molecule has 0 fully saturated rings. The van der Waals surface area contributed by atoms with Crippen LogP contribution in [0.1, 0.15) is 20.3 Å². The second kappa shape index (κ2) is 5.37. The van der Waals surface area contributed by atoms with Crippen molar-refractivity contribution in [3.63, 3.8) is 0 Å². The summed E-state index contributed by atoms with van der Waals surface area (Å²) in [6.07, 6.45) is 0.561. The van der Waals surface area contributed by atoms with E-state index >= 15 is 0 Å². The zero-order valence-electron chi connectivity index (χ0n) is 9.26. The molecule has 3 nitrogen and oxygen atoms in total. The Morgan fingerprint density at radius 2 is 2.07 bits per heavy atom. The van der Waals surface area contributed by atoms with Crippen molar-refractivity contribution >= 4 is 17.6 Å². The molecule has 0 aromatic rings. The van der Waals surface area contributed by atoms with Crippen molar-refractivity contribution in [3.05, 3.63) is 12.2 Å². The molecule has 0 aromatic heterocycles. The van der Waals surface area contributed by atoms with E-state index in [-0.39, 0.29) is 0 Å². The van der Waals surface area contributed by atoms with Crippen LogP contribution in [0.4, 0.5) is 0 Å². The lowest BCUT2D eigenvalue weighted by Gasteiger charge is -2.28. The van der Waals surface area contributed by atoms with Crippen molar-refractivity contribution < 1.29 is 9.53 Å². The summed E-state index contributed by atoms with van der Waals surface area (Å²) in [5.74, 6) is -0.441. The zero-order valence-corrected chi connectivity index (χ0v) is 10.0. The van der Waals surface area contributed by atoms with Gasteiger partial charge >= 0.3 is 5.97 Å². The first-order chi connectivity index (χ1) is 6.30. The topological polar surface area (TPSA) is 29.5 Å². The summed E-state index contributed by atoms with van der Waals surface area (Å²) in [4.78, 5) is 13.2. The molecule has 0 bridgehead atoms. The van der Waals surface area contributed by atoms with Gasteiger partial charge in [0.2, 0.25) is 0 Å². The smallest absolute Gasteiger partial charge is 0.334 e.